The van der Waals surface area contributed by atoms with Crippen LogP contribution in [0.1, 0.15) is 13.8 Å². The molecule has 0 fully saturated rings. The number of pyridine rings is 1. The summed E-state index contributed by atoms with van der Waals surface area (Å²) in [5.74, 6) is -1.20. The highest BCUT2D eigenvalue weighted by Gasteiger charge is 2.18. The maximum Gasteiger partial charge on any atom is 0.168 e. The molecule has 0 aliphatic rings. The van der Waals surface area contributed by atoms with E-state index in [1.165, 1.54) is 0 Å². The van der Waals surface area contributed by atoms with Crippen molar-refractivity contribution in [1.82, 2.24) is 4.98 Å². The molecule has 0 aliphatic heterocycles. The third-order valence-electron chi connectivity index (χ3n) is 2.66. The van der Waals surface area contributed by atoms with E-state index in [9.17, 15) is 8.78 Å². The SMILES string of the molecule is CCNc1nc(N(C)C(C)COC)c(F)cc1F. The predicted octanol–water partition coefficient (Wildman–Crippen LogP) is 2.26. The number of nitrogens with zero attached hydrogens (tertiary/aromatic N) is 2. The van der Waals surface area contributed by atoms with Gasteiger partial charge >= 0.3 is 0 Å². The van der Waals surface area contributed by atoms with Gasteiger partial charge in [-0.25, -0.2) is 13.8 Å². The van der Waals surface area contributed by atoms with Crippen LogP contribution < -0.4 is 10.2 Å². The van der Waals surface area contributed by atoms with Crippen molar-refractivity contribution in [3.8, 4) is 0 Å². The van der Waals surface area contributed by atoms with Crippen molar-refractivity contribution in [2.24, 2.45) is 0 Å². The highest BCUT2D eigenvalue weighted by Crippen LogP contribution is 2.22. The number of hydrogen-bond acceptors (Lipinski definition) is 4. The summed E-state index contributed by atoms with van der Waals surface area (Å²) in [5.41, 5.74) is 0. The number of methoxy groups -OCH3 is 1. The van der Waals surface area contributed by atoms with Gasteiger partial charge in [-0.1, -0.05) is 0 Å². The van der Waals surface area contributed by atoms with Crippen LogP contribution in [0.4, 0.5) is 20.4 Å². The minimum absolute atomic E-state index is 0.0584. The third kappa shape index (κ3) is 3.29. The minimum Gasteiger partial charge on any atom is -0.383 e. The van der Waals surface area contributed by atoms with Crippen LogP contribution in [-0.2, 0) is 4.74 Å². The maximum atomic E-state index is 13.7. The Balaban J connectivity index is 3.03. The van der Waals surface area contributed by atoms with E-state index in [1.54, 1.807) is 19.1 Å². The van der Waals surface area contributed by atoms with Crippen LogP contribution in [-0.4, -0.2) is 38.3 Å². The van der Waals surface area contributed by atoms with Crippen LogP contribution in [0.3, 0.4) is 0 Å². The maximum absolute atomic E-state index is 13.7. The summed E-state index contributed by atoms with van der Waals surface area (Å²) in [7, 11) is 3.27. The first-order valence-corrected chi connectivity index (χ1v) is 5.82. The lowest BCUT2D eigenvalue weighted by molar-refractivity contribution is 0.183. The number of ether oxygens (including phenoxy) is 1. The van der Waals surface area contributed by atoms with Crippen LogP contribution in [0.5, 0.6) is 0 Å². The topological polar surface area (TPSA) is 37.4 Å². The molecule has 18 heavy (non-hydrogen) atoms. The van der Waals surface area contributed by atoms with Gasteiger partial charge in [0, 0.05) is 26.8 Å². The highest BCUT2D eigenvalue weighted by molar-refractivity contribution is 5.49. The van der Waals surface area contributed by atoms with Crippen LogP contribution in [0, 0.1) is 11.6 Å². The van der Waals surface area contributed by atoms with Gasteiger partial charge in [0.25, 0.3) is 0 Å². The van der Waals surface area contributed by atoms with Gasteiger partial charge in [0.15, 0.2) is 23.3 Å². The Morgan fingerprint density at radius 3 is 2.67 bits per heavy atom. The highest BCUT2D eigenvalue weighted by atomic mass is 19.1. The van der Waals surface area contributed by atoms with Crippen LogP contribution in [0.2, 0.25) is 0 Å². The molecule has 0 bridgehead atoms. The van der Waals surface area contributed by atoms with Crippen LogP contribution in [0.15, 0.2) is 6.07 Å². The summed E-state index contributed by atoms with van der Waals surface area (Å²) in [6, 6.07) is 0.785. The first-order chi connectivity index (χ1) is 8.51. The van der Waals surface area contributed by atoms with Gasteiger partial charge < -0.3 is 15.0 Å². The second-order valence-corrected chi connectivity index (χ2v) is 4.07. The first-order valence-electron chi connectivity index (χ1n) is 5.82. The van der Waals surface area contributed by atoms with Crippen molar-refractivity contribution < 1.29 is 13.5 Å². The molecular weight excluding hydrogens is 240 g/mol. The molecule has 1 aromatic heterocycles. The van der Waals surface area contributed by atoms with Crippen LogP contribution >= 0.6 is 0 Å². The Bertz CT molecular complexity index is 401. The van der Waals surface area contributed by atoms with Crippen molar-refractivity contribution in [3.05, 3.63) is 17.7 Å². The zero-order valence-electron chi connectivity index (χ0n) is 11.1. The number of nitrogens with one attached hydrogen (secondary N) is 1. The smallest absolute Gasteiger partial charge is 0.168 e. The minimum atomic E-state index is -0.689. The molecule has 0 radical (unpaired) electrons. The second-order valence-electron chi connectivity index (χ2n) is 4.07. The quantitative estimate of drug-likeness (QED) is 0.850. The van der Waals surface area contributed by atoms with Gasteiger partial charge in [-0.05, 0) is 13.8 Å². The van der Waals surface area contributed by atoms with Gasteiger partial charge in [-0.3, -0.25) is 0 Å². The lowest BCUT2D eigenvalue weighted by Crippen LogP contribution is -2.34. The van der Waals surface area contributed by atoms with Crippen molar-refractivity contribution in [1.29, 1.82) is 0 Å². The normalized spacial score (nSPS) is 12.3. The molecule has 0 aliphatic carbocycles. The first kappa shape index (κ1) is 14.6. The van der Waals surface area contributed by atoms with Crippen molar-refractivity contribution >= 4 is 11.6 Å². The number of halogens is 2. The zero-order valence-corrected chi connectivity index (χ0v) is 11.1. The van der Waals surface area contributed by atoms with E-state index in [0.29, 0.717) is 13.2 Å². The Kier molecular flexibility index (Phi) is 5.27. The molecule has 4 nitrogen and oxygen atoms in total. The molecule has 1 unspecified atom stereocenters. The van der Waals surface area contributed by atoms with E-state index in [2.05, 4.69) is 10.3 Å². The summed E-state index contributed by atoms with van der Waals surface area (Å²) in [4.78, 5) is 5.60. The molecule has 0 aromatic carbocycles. The van der Waals surface area contributed by atoms with E-state index in [4.69, 9.17) is 4.74 Å². The summed E-state index contributed by atoms with van der Waals surface area (Å²) in [6.45, 7) is 4.65. The number of likely N-dealkylation sites (N-methyl/N-ethyl adjacent to an activating group) is 1. The molecule has 1 atom stereocenters. The molecule has 6 heteroatoms. The van der Waals surface area contributed by atoms with Gasteiger partial charge in [0.2, 0.25) is 0 Å². The van der Waals surface area contributed by atoms with Crippen molar-refractivity contribution in [2.75, 3.05) is 37.5 Å². The lowest BCUT2D eigenvalue weighted by atomic mass is 10.3. The Morgan fingerprint density at radius 1 is 1.44 bits per heavy atom. The predicted molar refractivity (Wildman–Crippen MR) is 68.1 cm³/mol. The number of rotatable bonds is 6. The average molecular weight is 259 g/mol. The fraction of sp³-hybridized carbons (Fsp3) is 0.583. The van der Waals surface area contributed by atoms with E-state index in [-0.39, 0.29) is 17.7 Å². The number of hydrogen-bond donors (Lipinski definition) is 1. The molecule has 0 spiro atoms. The summed E-state index contributed by atoms with van der Waals surface area (Å²) >= 11 is 0. The van der Waals surface area contributed by atoms with Gasteiger partial charge in [-0.15, -0.1) is 0 Å². The fourth-order valence-electron chi connectivity index (χ4n) is 1.56. The Labute approximate surface area is 106 Å². The lowest BCUT2D eigenvalue weighted by Gasteiger charge is -2.26. The van der Waals surface area contributed by atoms with E-state index >= 15 is 0 Å². The van der Waals surface area contributed by atoms with E-state index < -0.39 is 11.6 Å². The Morgan fingerprint density at radius 2 is 2.11 bits per heavy atom. The van der Waals surface area contributed by atoms with Crippen molar-refractivity contribution in [2.45, 2.75) is 19.9 Å². The van der Waals surface area contributed by atoms with Gasteiger partial charge in [0.1, 0.15) is 0 Å². The number of anilines is 2. The summed E-state index contributed by atoms with van der Waals surface area (Å²) < 4.78 is 32.1. The Hall–Kier alpha value is -1.43. The van der Waals surface area contributed by atoms with Crippen LogP contribution in [0.25, 0.3) is 0 Å². The summed E-state index contributed by atoms with van der Waals surface area (Å²) in [5, 5.41) is 2.76. The standard InChI is InChI=1S/C12H19F2N3O/c1-5-15-11-9(13)6-10(14)12(16-11)17(3)8(2)7-18-4/h6,8H,5,7H2,1-4H3,(H,15,16). The monoisotopic (exact) mass is 259 g/mol. The molecule has 1 N–H and O–H groups in total. The third-order valence-corrected chi connectivity index (χ3v) is 2.66. The van der Waals surface area contributed by atoms with E-state index in [0.717, 1.165) is 6.07 Å². The molecule has 102 valence electrons. The number of aromatic nitrogens is 1. The second kappa shape index (κ2) is 6.49. The molecular formula is C12H19F2N3O. The largest absolute Gasteiger partial charge is 0.383 e. The van der Waals surface area contributed by atoms with E-state index in [1.807, 2.05) is 13.8 Å². The average Bonchev–Trinajstić information content (AvgIpc) is 2.32. The van der Waals surface area contributed by atoms with Gasteiger partial charge in [0.05, 0.1) is 12.6 Å². The molecule has 0 saturated carbocycles. The molecule has 1 rings (SSSR count). The summed E-state index contributed by atoms with van der Waals surface area (Å²) in [6.07, 6.45) is 0. The fourth-order valence-corrected chi connectivity index (χ4v) is 1.56. The molecule has 1 aromatic rings. The van der Waals surface area contributed by atoms with Gasteiger partial charge in [-0.2, -0.15) is 0 Å². The molecule has 0 saturated heterocycles. The van der Waals surface area contributed by atoms with Crippen molar-refractivity contribution in [3.63, 3.8) is 0 Å². The molecule has 0 amide bonds. The zero-order chi connectivity index (χ0) is 13.7. The molecule has 1 heterocycles.